The first-order valence-electron chi connectivity index (χ1n) is 8.84. The van der Waals surface area contributed by atoms with Crippen LogP contribution in [0.5, 0.6) is 0 Å². The minimum Gasteiger partial charge on any atom is -0.321 e. The van der Waals surface area contributed by atoms with E-state index in [0.717, 1.165) is 39.4 Å². The number of amides is 2. The summed E-state index contributed by atoms with van der Waals surface area (Å²) in [5, 5.41) is 10.2. The molecule has 0 bridgehead atoms. The van der Waals surface area contributed by atoms with Crippen LogP contribution in [0, 0.1) is 34.6 Å². The highest BCUT2D eigenvalue weighted by atomic mass is 32.1. The number of benzene rings is 1. The van der Waals surface area contributed by atoms with Crippen LogP contribution < -0.4 is 10.6 Å². The monoisotopic (exact) mass is 397 g/mol. The summed E-state index contributed by atoms with van der Waals surface area (Å²) >= 11 is 1.15. The lowest BCUT2D eigenvalue weighted by Crippen LogP contribution is -2.13. The molecule has 0 unspecified atom stereocenters. The van der Waals surface area contributed by atoms with E-state index in [1.165, 1.54) is 0 Å². The molecule has 2 aromatic heterocycles. The van der Waals surface area contributed by atoms with Gasteiger partial charge in [-0.05, 0) is 51.8 Å². The van der Waals surface area contributed by atoms with Crippen molar-refractivity contribution in [3.05, 3.63) is 56.8 Å². The summed E-state index contributed by atoms with van der Waals surface area (Å²) in [6.45, 7) is 9.58. The highest BCUT2D eigenvalue weighted by Crippen LogP contribution is 2.27. The molecule has 0 atom stereocenters. The quantitative estimate of drug-likeness (QED) is 0.698. The summed E-state index contributed by atoms with van der Waals surface area (Å²) in [5.41, 5.74) is 5.72. The molecule has 0 saturated carbocycles. The molecule has 3 rings (SSSR count). The average molecular weight is 398 g/mol. The van der Waals surface area contributed by atoms with E-state index >= 15 is 0 Å². The molecule has 1 aromatic carbocycles. The molecule has 2 N–H and O–H groups in total. The van der Waals surface area contributed by atoms with E-state index in [1.807, 2.05) is 39.8 Å². The van der Waals surface area contributed by atoms with E-state index in [4.69, 9.17) is 0 Å². The maximum Gasteiger partial charge on any atom is 0.277 e. The van der Waals surface area contributed by atoms with E-state index in [9.17, 15) is 9.59 Å². The topological polar surface area (TPSA) is 88.9 Å². The Labute approximate surface area is 167 Å². The maximum absolute atomic E-state index is 12.8. The first kappa shape index (κ1) is 19.8. The fraction of sp³-hybridized carbons (Fsp3) is 0.300. The second-order valence-electron chi connectivity index (χ2n) is 6.91. The summed E-state index contributed by atoms with van der Waals surface area (Å²) < 4.78 is 1.63. The summed E-state index contributed by atoms with van der Waals surface area (Å²) in [4.78, 5) is 29.9. The smallest absolute Gasteiger partial charge is 0.277 e. The molecule has 8 heteroatoms. The zero-order valence-corrected chi connectivity index (χ0v) is 17.6. The number of thiazole rings is 1. The van der Waals surface area contributed by atoms with Crippen LogP contribution in [0.2, 0.25) is 0 Å². The Kier molecular flexibility index (Phi) is 5.33. The van der Waals surface area contributed by atoms with Gasteiger partial charge in [0.1, 0.15) is 4.88 Å². The van der Waals surface area contributed by atoms with Crippen molar-refractivity contribution in [1.29, 1.82) is 0 Å². The predicted octanol–water partition coefficient (Wildman–Crippen LogP) is 3.92. The van der Waals surface area contributed by atoms with Gasteiger partial charge < -0.3 is 5.32 Å². The standard InChI is InChI=1S/C20H23N5O2S/c1-10-7-11(2)16(12(3)8-10)22-19(27)17-14(5)21-20(28-17)23-18(26)15-9-13(4)25(6)24-15/h7-9H,1-6H3,(H,22,27)(H,21,23,26). The molecule has 0 spiro atoms. The SMILES string of the molecule is Cc1cc(C)c(NC(=O)c2sc(NC(=O)c3cc(C)n(C)n3)nc2C)c(C)c1. The Morgan fingerprint density at radius 2 is 1.61 bits per heavy atom. The normalized spacial score (nSPS) is 10.8. The Bertz CT molecular complexity index is 1040. The zero-order chi connectivity index (χ0) is 20.6. The van der Waals surface area contributed by atoms with Gasteiger partial charge in [0.05, 0.1) is 5.69 Å². The van der Waals surface area contributed by atoms with Crippen LogP contribution in [0.1, 0.15) is 48.2 Å². The van der Waals surface area contributed by atoms with Gasteiger partial charge in [-0.3, -0.25) is 19.6 Å². The fourth-order valence-corrected chi connectivity index (χ4v) is 3.90. The van der Waals surface area contributed by atoms with E-state index in [2.05, 4.69) is 20.7 Å². The number of hydrogen-bond donors (Lipinski definition) is 2. The van der Waals surface area contributed by atoms with Crippen molar-refractivity contribution in [2.75, 3.05) is 10.6 Å². The molecule has 0 aliphatic rings. The number of carbonyl (C=O) groups is 2. The second-order valence-corrected chi connectivity index (χ2v) is 7.91. The Hall–Kier alpha value is -3.00. The van der Waals surface area contributed by atoms with Crippen molar-refractivity contribution >= 4 is 34.0 Å². The number of hydrogen-bond acceptors (Lipinski definition) is 5. The molecule has 0 fully saturated rings. The lowest BCUT2D eigenvalue weighted by Gasteiger charge is -2.12. The largest absolute Gasteiger partial charge is 0.321 e. The third-order valence-corrected chi connectivity index (χ3v) is 5.56. The molecule has 0 radical (unpaired) electrons. The third-order valence-electron chi connectivity index (χ3n) is 4.49. The van der Waals surface area contributed by atoms with Gasteiger partial charge in [-0.1, -0.05) is 29.0 Å². The summed E-state index contributed by atoms with van der Waals surface area (Å²) in [6.07, 6.45) is 0. The minimum atomic E-state index is -0.352. The van der Waals surface area contributed by atoms with Crippen LogP contribution >= 0.6 is 11.3 Å². The van der Waals surface area contributed by atoms with Crippen LogP contribution in [0.15, 0.2) is 18.2 Å². The number of aromatic nitrogens is 3. The van der Waals surface area contributed by atoms with Gasteiger partial charge in [-0.25, -0.2) is 4.98 Å². The highest BCUT2D eigenvalue weighted by molar-refractivity contribution is 7.17. The molecule has 0 saturated heterocycles. The van der Waals surface area contributed by atoms with Crippen LogP contribution in [0.3, 0.4) is 0 Å². The third kappa shape index (κ3) is 3.96. The highest BCUT2D eigenvalue weighted by Gasteiger charge is 2.19. The van der Waals surface area contributed by atoms with Crippen molar-refractivity contribution in [2.45, 2.75) is 34.6 Å². The molecule has 28 heavy (non-hydrogen) atoms. The Balaban J connectivity index is 1.78. The van der Waals surface area contributed by atoms with E-state index in [1.54, 1.807) is 24.7 Å². The Morgan fingerprint density at radius 3 is 2.18 bits per heavy atom. The van der Waals surface area contributed by atoms with Gasteiger partial charge in [0.15, 0.2) is 10.8 Å². The van der Waals surface area contributed by atoms with Gasteiger partial charge in [0, 0.05) is 18.4 Å². The van der Waals surface area contributed by atoms with Gasteiger partial charge in [-0.15, -0.1) is 0 Å². The Morgan fingerprint density at radius 1 is 0.964 bits per heavy atom. The van der Waals surface area contributed by atoms with Crippen LogP contribution in [0.4, 0.5) is 10.8 Å². The average Bonchev–Trinajstić information content (AvgIpc) is 3.13. The fourth-order valence-electron chi connectivity index (χ4n) is 3.04. The number of rotatable bonds is 4. The summed E-state index contributed by atoms with van der Waals surface area (Å²) in [7, 11) is 1.77. The molecule has 2 amide bonds. The molecule has 7 nitrogen and oxygen atoms in total. The van der Waals surface area contributed by atoms with Crippen molar-refractivity contribution in [3.63, 3.8) is 0 Å². The zero-order valence-electron chi connectivity index (χ0n) is 16.8. The van der Waals surface area contributed by atoms with Crippen LogP contribution in [-0.4, -0.2) is 26.6 Å². The number of anilines is 2. The maximum atomic E-state index is 12.8. The van der Waals surface area contributed by atoms with Crippen LogP contribution in [-0.2, 0) is 7.05 Å². The molecule has 0 aliphatic heterocycles. The summed E-state index contributed by atoms with van der Waals surface area (Å²) in [5.74, 6) is -0.589. The molecular formula is C20H23N5O2S. The number of nitrogens with one attached hydrogen (secondary N) is 2. The number of aryl methyl sites for hydroxylation is 6. The molecule has 3 aromatic rings. The number of carbonyl (C=O) groups excluding carboxylic acids is 2. The minimum absolute atomic E-state index is 0.237. The van der Waals surface area contributed by atoms with E-state index in [-0.39, 0.29) is 11.8 Å². The first-order valence-corrected chi connectivity index (χ1v) is 9.66. The van der Waals surface area contributed by atoms with Crippen molar-refractivity contribution in [2.24, 2.45) is 7.05 Å². The second kappa shape index (κ2) is 7.55. The molecular weight excluding hydrogens is 374 g/mol. The predicted molar refractivity (Wildman–Crippen MR) is 111 cm³/mol. The van der Waals surface area contributed by atoms with Crippen LogP contribution in [0.25, 0.3) is 0 Å². The lowest BCUT2D eigenvalue weighted by molar-refractivity contribution is 0.101. The van der Waals surface area contributed by atoms with Crippen molar-refractivity contribution in [3.8, 4) is 0 Å². The van der Waals surface area contributed by atoms with E-state index < -0.39 is 0 Å². The first-order chi connectivity index (χ1) is 13.2. The van der Waals surface area contributed by atoms with Gasteiger partial charge >= 0.3 is 0 Å². The van der Waals surface area contributed by atoms with Gasteiger partial charge in [0.25, 0.3) is 11.8 Å². The lowest BCUT2D eigenvalue weighted by atomic mass is 10.1. The molecule has 146 valence electrons. The van der Waals surface area contributed by atoms with Gasteiger partial charge in [0.2, 0.25) is 0 Å². The molecule has 2 heterocycles. The molecule has 0 aliphatic carbocycles. The summed E-state index contributed by atoms with van der Waals surface area (Å²) in [6, 6.07) is 5.76. The van der Waals surface area contributed by atoms with Gasteiger partial charge in [-0.2, -0.15) is 5.10 Å². The van der Waals surface area contributed by atoms with Crippen molar-refractivity contribution in [1.82, 2.24) is 14.8 Å². The van der Waals surface area contributed by atoms with Crippen molar-refractivity contribution < 1.29 is 9.59 Å². The van der Waals surface area contributed by atoms with E-state index in [0.29, 0.717) is 21.4 Å². The number of nitrogens with zero attached hydrogens (tertiary/aromatic N) is 3.